The van der Waals surface area contributed by atoms with Crippen LogP contribution in [0.5, 0.6) is 11.5 Å². The molecule has 1 N–H and O–H groups in total. The number of nitrogens with one attached hydrogen (secondary N) is 1. The molecule has 2 unspecified atom stereocenters. The molecule has 0 spiro atoms. The van der Waals surface area contributed by atoms with Crippen molar-refractivity contribution in [3.8, 4) is 11.5 Å². The zero-order valence-corrected chi connectivity index (χ0v) is 24.2. The lowest BCUT2D eigenvalue weighted by Gasteiger charge is -2.29. The Morgan fingerprint density at radius 3 is 2.33 bits per heavy atom. The lowest BCUT2D eigenvalue weighted by molar-refractivity contribution is -0.143. The number of esters is 1. The van der Waals surface area contributed by atoms with E-state index in [9.17, 15) is 9.59 Å². The Bertz CT molecular complexity index is 1330. The van der Waals surface area contributed by atoms with Crippen molar-refractivity contribution in [2.24, 2.45) is 5.41 Å². The second-order valence-electron chi connectivity index (χ2n) is 11.6. The fraction of sp³-hybridized carbons (Fsp3) is 0.394. The number of carbonyl (C=O) groups is 2. The molecule has 1 aliphatic rings. The van der Waals surface area contributed by atoms with Crippen molar-refractivity contribution < 1.29 is 19.1 Å². The number of aryl methyl sites for hydroxylation is 1. The van der Waals surface area contributed by atoms with E-state index in [1.54, 1.807) is 7.11 Å². The van der Waals surface area contributed by atoms with Crippen LogP contribution in [0.4, 0.5) is 5.69 Å². The van der Waals surface area contributed by atoms with Crippen LogP contribution in [-0.2, 0) is 35.3 Å². The SMILES string of the molecule is COc1ccc(C2CCc3cc(OC(=O)C(C)(C)C)ccc3C2)c(NC(C)Cc2ccc(CC(=O)Cl)cc2)c1. The number of halogens is 1. The van der Waals surface area contributed by atoms with Crippen molar-refractivity contribution in [1.82, 2.24) is 0 Å². The topological polar surface area (TPSA) is 64.6 Å². The molecule has 39 heavy (non-hydrogen) atoms. The predicted molar refractivity (Wildman–Crippen MR) is 157 cm³/mol. The Balaban J connectivity index is 1.47. The summed E-state index contributed by atoms with van der Waals surface area (Å²) in [4.78, 5) is 23.5. The van der Waals surface area contributed by atoms with Gasteiger partial charge in [0, 0.05) is 24.2 Å². The van der Waals surface area contributed by atoms with E-state index in [4.69, 9.17) is 21.1 Å². The second kappa shape index (κ2) is 12.3. The molecule has 0 radical (unpaired) electrons. The summed E-state index contributed by atoms with van der Waals surface area (Å²) in [6.45, 7) is 7.76. The summed E-state index contributed by atoms with van der Waals surface area (Å²) in [5.74, 6) is 1.59. The minimum absolute atomic E-state index is 0.187. The molecular weight excluding hydrogens is 510 g/mol. The molecule has 6 heteroatoms. The van der Waals surface area contributed by atoms with Crippen LogP contribution in [0.2, 0.25) is 0 Å². The summed E-state index contributed by atoms with van der Waals surface area (Å²) in [7, 11) is 1.69. The van der Waals surface area contributed by atoms with Gasteiger partial charge >= 0.3 is 5.97 Å². The molecule has 0 heterocycles. The van der Waals surface area contributed by atoms with E-state index in [1.807, 2.05) is 51.1 Å². The third-order valence-electron chi connectivity index (χ3n) is 7.24. The minimum Gasteiger partial charge on any atom is -0.497 e. The molecule has 0 amide bonds. The normalized spacial score (nSPS) is 15.7. The van der Waals surface area contributed by atoms with Gasteiger partial charge in [-0.15, -0.1) is 0 Å². The van der Waals surface area contributed by atoms with E-state index < -0.39 is 5.41 Å². The maximum absolute atomic E-state index is 12.3. The van der Waals surface area contributed by atoms with Gasteiger partial charge in [-0.05, 0) is 117 Å². The van der Waals surface area contributed by atoms with E-state index in [-0.39, 0.29) is 23.7 Å². The van der Waals surface area contributed by atoms with E-state index in [2.05, 4.69) is 42.6 Å². The van der Waals surface area contributed by atoms with Crippen LogP contribution < -0.4 is 14.8 Å². The quantitative estimate of drug-likeness (QED) is 0.173. The van der Waals surface area contributed by atoms with Crippen LogP contribution in [0.1, 0.15) is 67.9 Å². The lowest BCUT2D eigenvalue weighted by Crippen LogP contribution is -2.25. The Labute approximate surface area is 236 Å². The minimum atomic E-state index is -0.538. The molecule has 0 aromatic heterocycles. The van der Waals surface area contributed by atoms with Crippen LogP contribution in [-0.4, -0.2) is 24.4 Å². The molecule has 206 valence electrons. The Morgan fingerprint density at radius 1 is 0.974 bits per heavy atom. The zero-order valence-electron chi connectivity index (χ0n) is 23.5. The van der Waals surface area contributed by atoms with Crippen LogP contribution in [0.3, 0.4) is 0 Å². The molecule has 1 aliphatic carbocycles. The summed E-state index contributed by atoms with van der Waals surface area (Å²) in [6, 6.07) is 20.6. The molecular formula is C33H38ClNO4. The first kappa shape index (κ1) is 28.7. The van der Waals surface area contributed by atoms with Gasteiger partial charge in [0.2, 0.25) is 5.24 Å². The first-order valence-corrected chi connectivity index (χ1v) is 13.9. The predicted octanol–water partition coefficient (Wildman–Crippen LogP) is 7.27. The van der Waals surface area contributed by atoms with Gasteiger partial charge in [0.05, 0.1) is 12.5 Å². The van der Waals surface area contributed by atoms with E-state index in [1.165, 1.54) is 22.3 Å². The highest BCUT2D eigenvalue weighted by atomic mass is 35.5. The number of rotatable bonds is 9. The highest BCUT2D eigenvalue weighted by Crippen LogP contribution is 2.39. The molecule has 0 bridgehead atoms. The standard InChI is InChI=1S/C33H38ClNO4/c1-21(16-22-6-8-23(9-7-22)17-31(34)36)35-30-20-27(38-5)14-15-29(30)26-11-10-25-19-28(13-12-24(25)18-26)39-32(37)33(2,3)4/h6-9,12-15,19-21,26,35H,10-11,16-18H2,1-5H3. The molecule has 5 nitrogen and oxygen atoms in total. The highest BCUT2D eigenvalue weighted by Gasteiger charge is 2.26. The Morgan fingerprint density at radius 2 is 1.67 bits per heavy atom. The summed E-state index contributed by atoms with van der Waals surface area (Å²) in [5.41, 5.74) is 6.51. The second-order valence-corrected chi connectivity index (χ2v) is 12.0. The Kier molecular flexibility index (Phi) is 9.01. The summed E-state index contributed by atoms with van der Waals surface area (Å²) in [5, 5.41) is 3.38. The first-order chi connectivity index (χ1) is 18.5. The number of ether oxygens (including phenoxy) is 2. The van der Waals surface area contributed by atoms with Crippen molar-refractivity contribution in [2.45, 2.75) is 71.8 Å². The van der Waals surface area contributed by atoms with Crippen molar-refractivity contribution in [2.75, 3.05) is 12.4 Å². The van der Waals surface area contributed by atoms with Gasteiger partial charge in [0.1, 0.15) is 11.5 Å². The van der Waals surface area contributed by atoms with Gasteiger partial charge in [-0.1, -0.05) is 36.4 Å². The van der Waals surface area contributed by atoms with Gasteiger partial charge in [0.25, 0.3) is 0 Å². The van der Waals surface area contributed by atoms with Crippen molar-refractivity contribution >= 4 is 28.5 Å². The first-order valence-electron chi connectivity index (χ1n) is 13.6. The molecule has 0 saturated heterocycles. The smallest absolute Gasteiger partial charge is 0.316 e. The van der Waals surface area contributed by atoms with Crippen LogP contribution in [0.25, 0.3) is 0 Å². The number of hydrogen-bond donors (Lipinski definition) is 1. The number of fused-ring (bicyclic) bond motifs is 1. The molecule has 2 atom stereocenters. The van der Waals surface area contributed by atoms with Gasteiger partial charge < -0.3 is 14.8 Å². The average Bonchev–Trinajstić information content (AvgIpc) is 2.88. The van der Waals surface area contributed by atoms with Crippen molar-refractivity contribution in [1.29, 1.82) is 0 Å². The summed E-state index contributed by atoms with van der Waals surface area (Å²) in [6.07, 6.45) is 3.96. The van der Waals surface area contributed by atoms with Gasteiger partial charge in [-0.3, -0.25) is 9.59 Å². The Hall–Kier alpha value is -3.31. The molecule has 4 rings (SSSR count). The maximum Gasteiger partial charge on any atom is 0.316 e. The monoisotopic (exact) mass is 547 g/mol. The van der Waals surface area contributed by atoms with Crippen LogP contribution in [0, 0.1) is 5.41 Å². The number of anilines is 1. The molecule has 0 saturated carbocycles. The van der Waals surface area contributed by atoms with E-state index >= 15 is 0 Å². The summed E-state index contributed by atoms with van der Waals surface area (Å²) >= 11 is 5.52. The lowest BCUT2D eigenvalue weighted by atomic mass is 9.79. The third-order valence-corrected chi connectivity index (χ3v) is 7.37. The van der Waals surface area contributed by atoms with Crippen LogP contribution >= 0.6 is 11.6 Å². The molecule has 3 aromatic rings. The van der Waals surface area contributed by atoms with Crippen molar-refractivity contribution in [3.63, 3.8) is 0 Å². The highest BCUT2D eigenvalue weighted by molar-refractivity contribution is 6.63. The third kappa shape index (κ3) is 7.63. The van der Waals surface area contributed by atoms with Gasteiger partial charge in [-0.25, -0.2) is 0 Å². The number of hydrogen-bond acceptors (Lipinski definition) is 5. The molecule has 0 aliphatic heterocycles. The fourth-order valence-electron chi connectivity index (χ4n) is 5.09. The average molecular weight is 548 g/mol. The maximum atomic E-state index is 12.3. The van der Waals surface area contributed by atoms with Gasteiger partial charge in [-0.2, -0.15) is 0 Å². The molecule has 3 aromatic carbocycles. The van der Waals surface area contributed by atoms with Crippen LogP contribution in [0.15, 0.2) is 60.7 Å². The number of carbonyl (C=O) groups excluding carboxylic acids is 2. The largest absolute Gasteiger partial charge is 0.497 e. The number of benzene rings is 3. The molecule has 0 fully saturated rings. The van der Waals surface area contributed by atoms with Crippen molar-refractivity contribution in [3.05, 3.63) is 88.5 Å². The van der Waals surface area contributed by atoms with Gasteiger partial charge in [0.15, 0.2) is 0 Å². The summed E-state index contributed by atoms with van der Waals surface area (Å²) < 4.78 is 11.2. The number of methoxy groups -OCH3 is 1. The zero-order chi connectivity index (χ0) is 28.2. The van der Waals surface area contributed by atoms with E-state index in [0.29, 0.717) is 11.7 Å². The van der Waals surface area contributed by atoms with E-state index in [0.717, 1.165) is 42.7 Å². The fourth-order valence-corrected chi connectivity index (χ4v) is 5.24.